The lowest BCUT2D eigenvalue weighted by atomic mass is 9.72. The van der Waals surface area contributed by atoms with Gasteiger partial charge in [-0.15, -0.1) is 0 Å². The summed E-state index contributed by atoms with van der Waals surface area (Å²) in [7, 11) is 0. The molecule has 2 atom stereocenters. The van der Waals surface area contributed by atoms with Gasteiger partial charge in [0, 0.05) is 47.0 Å². The number of anilines is 1. The summed E-state index contributed by atoms with van der Waals surface area (Å²) in [6.07, 6.45) is 4.13. The number of carbonyl (C=O) groups excluding carboxylic acids is 2. The fraction of sp³-hybridized carbons (Fsp3) is 0.192. The van der Waals surface area contributed by atoms with Crippen molar-refractivity contribution >= 4 is 17.5 Å². The molecule has 3 aromatic rings. The number of ketones is 1. The van der Waals surface area contributed by atoms with Crippen LogP contribution >= 0.6 is 0 Å². The summed E-state index contributed by atoms with van der Waals surface area (Å²) in [5.74, 6) is 0.350. The number of aromatic hydroxyl groups is 1. The second kappa shape index (κ2) is 8.43. The Morgan fingerprint density at radius 2 is 1.94 bits per heavy atom. The van der Waals surface area contributed by atoms with Crippen molar-refractivity contribution in [3.63, 3.8) is 0 Å². The largest absolute Gasteiger partial charge is 0.508 e. The molecule has 5 rings (SSSR count). The molecule has 3 heterocycles. The Balaban J connectivity index is 1.57. The predicted octanol–water partition coefficient (Wildman–Crippen LogP) is 4.38. The van der Waals surface area contributed by atoms with Gasteiger partial charge in [0.2, 0.25) is 0 Å². The maximum absolute atomic E-state index is 13.5. The number of allylic oxidation sites excluding steroid dienone is 3. The monoisotopic (exact) mass is 441 g/mol. The highest BCUT2D eigenvalue weighted by atomic mass is 16.3. The maximum Gasteiger partial charge on any atom is 0.255 e. The molecular weight excluding hydrogens is 418 g/mol. The van der Waals surface area contributed by atoms with Gasteiger partial charge >= 0.3 is 0 Å². The van der Waals surface area contributed by atoms with Gasteiger partial charge in [0.05, 0.1) is 6.26 Å². The van der Waals surface area contributed by atoms with Gasteiger partial charge in [-0.25, -0.2) is 4.98 Å². The van der Waals surface area contributed by atoms with E-state index >= 15 is 0 Å². The number of phenols is 1. The second-order valence-electron chi connectivity index (χ2n) is 8.29. The van der Waals surface area contributed by atoms with Crippen LogP contribution in [0.4, 0.5) is 5.82 Å². The smallest absolute Gasteiger partial charge is 0.255 e. The Hall–Kier alpha value is -4.13. The number of benzene rings is 1. The number of Topliss-reactive ketones (excluding diaryl/α,β-unsaturated/α-hetero) is 1. The lowest BCUT2D eigenvalue weighted by Gasteiger charge is -2.36. The third-order valence-electron chi connectivity index (χ3n) is 6.15. The Labute approximate surface area is 190 Å². The van der Waals surface area contributed by atoms with E-state index < -0.39 is 5.92 Å². The molecule has 1 aromatic carbocycles. The normalized spacial score (nSPS) is 20.3. The molecule has 2 aliphatic rings. The molecule has 0 saturated heterocycles. The zero-order valence-electron chi connectivity index (χ0n) is 18.0. The van der Waals surface area contributed by atoms with Crippen LogP contribution < -0.4 is 10.6 Å². The average Bonchev–Trinajstić information content (AvgIpc) is 3.34. The minimum absolute atomic E-state index is 0.0288. The van der Waals surface area contributed by atoms with E-state index in [1.54, 1.807) is 54.9 Å². The molecule has 7 heteroatoms. The minimum Gasteiger partial charge on any atom is -0.508 e. The first-order chi connectivity index (χ1) is 16.0. The zero-order valence-corrected chi connectivity index (χ0v) is 18.0. The quantitative estimate of drug-likeness (QED) is 0.555. The molecule has 0 radical (unpaired) electrons. The van der Waals surface area contributed by atoms with E-state index in [2.05, 4.69) is 15.6 Å². The van der Waals surface area contributed by atoms with Crippen LogP contribution in [0.1, 0.15) is 42.9 Å². The van der Waals surface area contributed by atoms with Crippen LogP contribution in [0.25, 0.3) is 0 Å². The molecule has 2 aromatic heterocycles. The third kappa shape index (κ3) is 3.93. The Kier molecular flexibility index (Phi) is 5.30. The number of nitrogens with zero attached hydrogens (tertiary/aromatic N) is 1. The SMILES string of the molecule is CC1=C(C(=O)Nc2ccccn2)[C@@H](c2ccc(O)cc2)C2=C(C[C@H](c3ccco3)CC2=O)N1. The van der Waals surface area contributed by atoms with Gasteiger partial charge in [-0.05, 0) is 55.3 Å². The number of dihydropyridines is 1. The first kappa shape index (κ1) is 20.8. The fourth-order valence-corrected chi connectivity index (χ4v) is 4.69. The van der Waals surface area contributed by atoms with Gasteiger partial charge in [0.25, 0.3) is 5.91 Å². The predicted molar refractivity (Wildman–Crippen MR) is 122 cm³/mol. The minimum atomic E-state index is -0.560. The second-order valence-corrected chi connectivity index (χ2v) is 8.29. The van der Waals surface area contributed by atoms with Crippen molar-refractivity contribution in [2.45, 2.75) is 31.6 Å². The standard InChI is InChI=1S/C26H23N3O4/c1-15-23(26(32)29-22-6-2-3-11-27-22)24(16-7-9-18(30)10-8-16)25-19(28-15)13-17(14-20(25)31)21-5-4-12-33-21/h2-12,17,24,28,30H,13-14H2,1H3,(H,27,29,32)/t17-,24+/m0/s1. The molecule has 7 nitrogen and oxygen atoms in total. The number of furan rings is 1. The number of aromatic nitrogens is 1. The summed E-state index contributed by atoms with van der Waals surface area (Å²) in [6.45, 7) is 1.84. The van der Waals surface area contributed by atoms with Gasteiger partial charge in [0.15, 0.2) is 5.78 Å². The molecule has 166 valence electrons. The molecule has 0 fully saturated rings. The molecule has 1 amide bonds. The molecular formula is C26H23N3O4. The van der Waals surface area contributed by atoms with Gasteiger partial charge in [-0.1, -0.05) is 18.2 Å². The molecule has 1 aliphatic heterocycles. The Bertz CT molecular complexity index is 1260. The topological polar surface area (TPSA) is 104 Å². The van der Waals surface area contributed by atoms with Crippen molar-refractivity contribution in [2.75, 3.05) is 5.32 Å². The number of nitrogens with one attached hydrogen (secondary N) is 2. The number of phenolic OH excluding ortho intramolecular Hbond substituents is 1. The molecule has 3 N–H and O–H groups in total. The van der Waals surface area contributed by atoms with Crippen molar-refractivity contribution in [1.29, 1.82) is 0 Å². The van der Waals surface area contributed by atoms with Crippen LogP contribution in [0.2, 0.25) is 0 Å². The van der Waals surface area contributed by atoms with Gasteiger partial charge in [0.1, 0.15) is 17.3 Å². The number of carbonyl (C=O) groups is 2. The summed E-state index contributed by atoms with van der Waals surface area (Å²) in [4.78, 5) is 31.1. The first-order valence-corrected chi connectivity index (χ1v) is 10.8. The highest BCUT2D eigenvalue weighted by molar-refractivity contribution is 6.09. The Morgan fingerprint density at radius 3 is 2.64 bits per heavy atom. The molecule has 33 heavy (non-hydrogen) atoms. The lowest BCUT2D eigenvalue weighted by molar-refractivity contribution is -0.116. The van der Waals surface area contributed by atoms with E-state index in [9.17, 15) is 14.7 Å². The number of amides is 1. The lowest BCUT2D eigenvalue weighted by Crippen LogP contribution is -2.37. The van der Waals surface area contributed by atoms with E-state index in [1.807, 2.05) is 19.1 Å². The van der Waals surface area contributed by atoms with Crippen molar-refractivity contribution in [3.05, 3.63) is 101 Å². The molecule has 0 unspecified atom stereocenters. The number of pyridine rings is 1. The van der Waals surface area contributed by atoms with E-state index in [0.29, 0.717) is 35.5 Å². The highest BCUT2D eigenvalue weighted by Gasteiger charge is 2.41. The van der Waals surface area contributed by atoms with Crippen LogP contribution in [0.3, 0.4) is 0 Å². The van der Waals surface area contributed by atoms with Crippen molar-refractivity contribution < 1.29 is 19.1 Å². The molecule has 0 bridgehead atoms. The van der Waals surface area contributed by atoms with Gasteiger partial charge < -0.3 is 20.2 Å². The number of hydrogen-bond donors (Lipinski definition) is 3. The molecule has 0 spiro atoms. The van der Waals surface area contributed by atoms with Crippen LogP contribution in [-0.4, -0.2) is 21.8 Å². The van der Waals surface area contributed by atoms with Crippen LogP contribution in [0, 0.1) is 0 Å². The van der Waals surface area contributed by atoms with Crippen LogP contribution in [0.15, 0.2) is 94.0 Å². The number of hydrogen-bond acceptors (Lipinski definition) is 6. The molecule has 1 aliphatic carbocycles. The molecule has 0 saturated carbocycles. The van der Waals surface area contributed by atoms with Gasteiger partial charge in [-0.2, -0.15) is 0 Å². The van der Waals surface area contributed by atoms with Crippen LogP contribution in [-0.2, 0) is 9.59 Å². The fourth-order valence-electron chi connectivity index (χ4n) is 4.69. The van der Waals surface area contributed by atoms with Crippen LogP contribution in [0.5, 0.6) is 5.75 Å². The number of rotatable bonds is 4. The maximum atomic E-state index is 13.5. The highest BCUT2D eigenvalue weighted by Crippen LogP contribution is 2.45. The summed E-state index contributed by atoms with van der Waals surface area (Å²) in [5, 5.41) is 16.0. The van der Waals surface area contributed by atoms with E-state index in [4.69, 9.17) is 4.42 Å². The van der Waals surface area contributed by atoms with Gasteiger partial charge in [-0.3, -0.25) is 9.59 Å². The van der Waals surface area contributed by atoms with E-state index in [0.717, 1.165) is 17.0 Å². The van der Waals surface area contributed by atoms with E-state index in [1.165, 1.54) is 0 Å². The first-order valence-electron chi connectivity index (χ1n) is 10.8. The zero-order chi connectivity index (χ0) is 22.9. The van der Waals surface area contributed by atoms with E-state index in [-0.39, 0.29) is 23.4 Å². The van der Waals surface area contributed by atoms with Crippen molar-refractivity contribution in [1.82, 2.24) is 10.3 Å². The van der Waals surface area contributed by atoms with Crippen molar-refractivity contribution in [3.8, 4) is 5.75 Å². The third-order valence-corrected chi connectivity index (χ3v) is 6.15. The van der Waals surface area contributed by atoms with Crippen molar-refractivity contribution in [2.24, 2.45) is 0 Å². The summed E-state index contributed by atoms with van der Waals surface area (Å²) in [5.41, 5.74) is 3.28. The Morgan fingerprint density at radius 1 is 1.12 bits per heavy atom. The summed E-state index contributed by atoms with van der Waals surface area (Å²) in [6, 6.07) is 15.6. The summed E-state index contributed by atoms with van der Waals surface area (Å²) < 4.78 is 5.56. The summed E-state index contributed by atoms with van der Waals surface area (Å²) >= 11 is 0. The average molecular weight is 441 g/mol.